The van der Waals surface area contributed by atoms with E-state index in [1.165, 1.54) is 0 Å². The summed E-state index contributed by atoms with van der Waals surface area (Å²) < 4.78 is 4.86. The van der Waals surface area contributed by atoms with Crippen LogP contribution in [0.15, 0.2) is 11.6 Å². The molecule has 0 N–H and O–H groups in total. The van der Waals surface area contributed by atoms with Crippen molar-refractivity contribution in [2.75, 3.05) is 6.61 Å². The van der Waals surface area contributed by atoms with E-state index in [-0.39, 0.29) is 11.9 Å². The van der Waals surface area contributed by atoms with Gasteiger partial charge in [-0.25, -0.2) is 0 Å². The zero-order valence-corrected chi connectivity index (χ0v) is 8.45. The van der Waals surface area contributed by atoms with Gasteiger partial charge in [0, 0.05) is 11.5 Å². The molecule has 0 aromatic heterocycles. The lowest BCUT2D eigenvalue weighted by Crippen LogP contribution is -2.15. The first kappa shape index (κ1) is 10.8. The molecule has 1 aliphatic rings. The third kappa shape index (κ3) is 2.88. The zero-order valence-electron chi connectivity index (χ0n) is 8.45. The highest BCUT2D eigenvalue weighted by molar-refractivity contribution is 5.70. The first-order valence-corrected chi connectivity index (χ1v) is 5.03. The van der Waals surface area contributed by atoms with Crippen molar-refractivity contribution < 1.29 is 9.53 Å². The van der Waals surface area contributed by atoms with Crippen LogP contribution in [0.4, 0.5) is 0 Å². The fourth-order valence-corrected chi connectivity index (χ4v) is 1.71. The molecule has 76 valence electrons. The molecule has 0 radical (unpaired) electrons. The number of hydrogen-bond donors (Lipinski definition) is 0. The van der Waals surface area contributed by atoms with Crippen molar-refractivity contribution in [2.24, 2.45) is 5.92 Å². The molecule has 3 heteroatoms. The van der Waals surface area contributed by atoms with Crippen LogP contribution < -0.4 is 0 Å². The minimum absolute atomic E-state index is 0.0906. The Balaban J connectivity index is 2.51. The van der Waals surface area contributed by atoms with E-state index < -0.39 is 0 Å². The van der Waals surface area contributed by atoms with Gasteiger partial charge in [-0.05, 0) is 26.2 Å². The molecule has 0 spiro atoms. The molecule has 14 heavy (non-hydrogen) atoms. The van der Waals surface area contributed by atoms with Gasteiger partial charge >= 0.3 is 5.97 Å². The summed E-state index contributed by atoms with van der Waals surface area (Å²) in [6, 6.07) is 2.15. The Hall–Kier alpha value is -1.30. The molecule has 0 aliphatic heterocycles. The molecule has 0 saturated heterocycles. The minimum Gasteiger partial charge on any atom is -0.466 e. The van der Waals surface area contributed by atoms with Gasteiger partial charge in [0.05, 0.1) is 19.1 Å². The van der Waals surface area contributed by atoms with Crippen molar-refractivity contribution in [3.8, 4) is 6.07 Å². The topological polar surface area (TPSA) is 50.1 Å². The quantitative estimate of drug-likeness (QED) is 0.645. The molecule has 0 aromatic carbocycles. The molecule has 0 fully saturated rings. The fourth-order valence-electron chi connectivity index (χ4n) is 1.71. The summed E-state index contributed by atoms with van der Waals surface area (Å²) in [7, 11) is 0. The van der Waals surface area contributed by atoms with E-state index in [0.29, 0.717) is 13.0 Å². The molecule has 0 heterocycles. The lowest BCUT2D eigenvalue weighted by atomic mass is 9.86. The third-order valence-electron chi connectivity index (χ3n) is 2.41. The van der Waals surface area contributed by atoms with Crippen molar-refractivity contribution in [1.82, 2.24) is 0 Å². The van der Waals surface area contributed by atoms with Crippen LogP contribution in [-0.2, 0) is 9.53 Å². The Bertz CT molecular complexity index is 276. The van der Waals surface area contributed by atoms with Gasteiger partial charge in [-0.1, -0.05) is 6.08 Å². The standard InChI is InChI=1S/C11H15NO2/c1-2-14-11(13)7-9-5-3-4-6-10(9)8-12/h6,9H,2-5,7H2,1H3. The Morgan fingerprint density at radius 2 is 2.57 bits per heavy atom. The molecule has 0 aromatic rings. The van der Waals surface area contributed by atoms with E-state index in [1.54, 1.807) is 6.92 Å². The van der Waals surface area contributed by atoms with Crippen molar-refractivity contribution in [3.05, 3.63) is 11.6 Å². The maximum atomic E-state index is 11.2. The fraction of sp³-hybridized carbons (Fsp3) is 0.636. The third-order valence-corrected chi connectivity index (χ3v) is 2.41. The second-order valence-corrected chi connectivity index (χ2v) is 3.41. The van der Waals surface area contributed by atoms with Gasteiger partial charge < -0.3 is 4.74 Å². The number of carbonyl (C=O) groups excluding carboxylic acids is 1. The summed E-state index contributed by atoms with van der Waals surface area (Å²) in [5, 5.41) is 8.83. The average Bonchev–Trinajstić information content (AvgIpc) is 2.19. The van der Waals surface area contributed by atoms with E-state index in [4.69, 9.17) is 10.00 Å². The summed E-state index contributed by atoms with van der Waals surface area (Å²) in [4.78, 5) is 11.2. The van der Waals surface area contributed by atoms with E-state index >= 15 is 0 Å². The highest BCUT2D eigenvalue weighted by atomic mass is 16.5. The number of carbonyl (C=O) groups is 1. The smallest absolute Gasteiger partial charge is 0.306 e. The predicted octanol–water partition coefficient (Wildman–Crippen LogP) is 2.19. The molecular weight excluding hydrogens is 178 g/mol. The largest absolute Gasteiger partial charge is 0.466 e. The highest BCUT2D eigenvalue weighted by Crippen LogP contribution is 2.27. The van der Waals surface area contributed by atoms with Crippen LogP contribution in [0.1, 0.15) is 32.6 Å². The molecule has 1 unspecified atom stereocenters. The van der Waals surface area contributed by atoms with Crippen LogP contribution in [-0.4, -0.2) is 12.6 Å². The molecule has 0 saturated carbocycles. The number of nitriles is 1. The zero-order chi connectivity index (χ0) is 10.4. The second-order valence-electron chi connectivity index (χ2n) is 3.41. The molecule has 1 aliphatic carbocycles. The summed E-state index contributed by atoms with van der Waals surface area (Å²) in [5.41, 5.74) is 0.754. The molecule has 1 atom stereocenters. The van der Waals surface area contributed by atoms with Crippen molar-refractivity contribution >= 4 is 5.97 Å². The molecular formula is C11H15NO2. The van der Waals surface area contributed by atoms with Gasteiger partial charge in [0.2, 0.25) is 0 Å². The van der Waals surface area contributed by atoms with Crippen LogP contribution >= 0.6 is 0 Å². The summed E-state index contributed by atoms with van der Waals surface area (Å²) >= 11 is 0. The molecule has 0 bridgehead atoms. The van der Waals surface area contributed by atoms with Crippen LogP contribution in [0.2, 0.25) is 0 Å². The van der Waals surface area contributed by atoms with Crippen LogP contribution in [0, 0.1) is 17.2 Å². The van der Waals surface area contributed by atoms with E-state index in [9.17, 15) is 4.79 Å². The SMILES string of the molecule is CCOC(=O)CC1CCCC=C1C#N. The maximum Gasteiger partial charge on any atom is 0.306 e. The summed E-state index contributed by atoms with van der Waals surface area (Å²) in [6.07, 6.45) is 5.25. The van der Waals surface area contributed by atoms with Crippen LogP contribution in [0.3, 0.4) is 0 Å². The number of hydrogen-bond acceptors (Lipinski definition) is 3. The van der Waals surface area contributed by atoms with Crippen molar-refractivity contribution in [3.63, 3.8) is 0 Å². The van der Waals surface area contributed by atoms with Gasteiger partial charge in [0.15, 0.2) is 0 Å². The highest BCUT2D eigenvalue weighted by Gasteiger charge is 2.21. The monoisotopic (exact) mass is 193 g/mol. The number of esters is 1. The lowest BCUT2D eigenvalue weighted by molar-refractivity contribution is -0.144. The van der Waals surface area contributed by atoms with Gasteiger partial charge in [0.1, 0.15) is 0 Å². The summed E-state index contributed by atoms with van der Waals surface area (Å²) in [6.45, 7) is 2.21. The molecule has 1 rings (SSSR count). The van der Waals surface area contributed by atoms with Crippen LogP contribution in [0.5, 0.6) is 0 Å². The van der Waals surface area contributed by atoms with E-state index in [0.717, 1.165) is 24.8 Å². The van der Waals surface area contributed by atoms with Crippen LogP contribution in [0.25, 0.3) is 0 Å². The van der Waals surface area contributed by atoms with Gasteiger partial charge in [-0.3, -0.25) is 4.79 Å². The second kappa shape index (κ2) is 5.43. The van der Waals surface area contributed by atoms with Crippen molar-refractivity contribution in [2.45, 2.75) is 32.6 Å². The van der Waals surface area contributed by atoms with Gasteiger partial charge in [0.25, 0.3) is 0 Å². The molecule has 0 amide bonds. The van der Waals surface area contributed by atoms with E-state index in [1.807, 2.05) is 6.08 Å². The normalized spacial score (nSPS) is 20.9. The van der Waals surface area contributed by atoms with Crippen molar-refractivity contribution in [1.29, 1.82) is 5.26 Å². The Labute approximate surface area is 84.4 Å². The Morgan fingerprint density at radius 1 is 1.79 bits per heavy atom. The molecule has 3 nitrogen and oxygen atoms in total. The maximum absolute atomic E-state index is 11.2. The average molecular weight is 193 g/mol. The predicted molar refractivity (Wildman–Crippen MR) is 52.3 cm³/mol. The first-order valence-electron chi connectivity index (χ1n) is 5.03. The number of ether oxygens (including phenoxy) is 1. The summed E-state index contributed by atoms with van der Waals surface area (Å²) in [5.74, 6) is -0.103. The number of rotatable bonds is 3. The first-order chi connectivity index (χ1) is 6.77. The Kier molecular flexibility index (Phi) is 4.18. The number of allylic oxidation sites excluding steroid dienone is 2. The van der Waals surface area contributed by atoms with E-state index in [2.05, 4.69) is 6.07 Å². The number of nitrogens with zero attached hydrogens (tertiary/aromatic N) is 1. The van der Waals surface area contributed by atoms with Gasteiger partial charge in [-0.15, -0.1) is 0 Å². The Morgan fingerprint density at radius 3 is 3.21 bits per heavy atom. The minimum atomic E-state index is -0.194. The van der Waals surface area contributed by atoms with Gasteiger partial charge in [-0.2, -0.15) is 5.26 Å². The lowest BCUT2D eigenvalue weighted by Gasteiger charge is -2.18.